The second kappa shape index (κ2) is 7.36. The maximum Gasteiger partial charge on any atom is 0.0718 e. The van der Waals surface area contributed by atoms with Crippen molar-refractivity contribution in [1.29, 1.82) is 0 Å². The Labute approximate surface area is 86.5 Å². The second-order valence-electron chi connectivity index (χ2n) is 3.71. The van der Waals surface area contributed by atoms with Crippen LogP contribution in [0.3, 0.4) is 0 Å². The van der Waals surface area contributed by atoms with E-state index in [0.717, 1.165) is 13.0 Å². The molecule has 0 spiro atoms. The Kier molecular flexibility index (Phi) is 7.33. The monoisotopic (exact) mass is 205 g/mol. The molecule has 0 saturated heterocycles. The molecule has 0 amide bonds. The molecule has 0 radical (unpaired) electrons. The van der Waals surface area contributed by atoms with Gasteiger partial charge in [-0.05, 0) is 18.3 Å². The third-order valence-electron chi connectivity index (χ3n) is 2.02. The minimum Gasteiger partial charge on any atom is -0.299 e. The summed E-state index contributed by atoms with van der Waals surface area (Å²) in [6.45, 7) is 5.16. The largest absolute Gasteiger partial charge is 0.299 e. The van der Waals surface area contributed by atoms with Crippen LogP contribution in [0, 0.1) is 11.8 Å². The minimum atomic E-state index is 0.539. The Morgan fingerprint density at radius 1 is 1.38 bits per heavy atom. The van der Waals surface area contributed by atoms with Crippen LogP contribution in [0.2, 0.25) is 0 Å². The van der Waals surface area contributed by atoms with Gasteiger partial charge in [0.25, 0.3) is 0 Å². The molecule has 0 saturated carbocycles. The number of hydrogen-bond donors (Lipinski definition) is 0. The highest BCUT2D eigenvalue weighted by Gasteiger charge is 2.12. The summed E-state index contributed by atoms with van der Waals surface area (Å²) in [5.41, 5.74) is 1.57. The van der Waals surface area contributed by atoms with E-state index in [-0.39, 0.29) is 0 Å². The molecule has 0 rings (SSSR count). The normalized spacial score (nSPS) is 14.7. The average molecular weight is 206 g/mol. The molecule has 0 aromatic rings. The third-order valence-corrected chi connectivity index (χ3v) is 2.20. The zero-order chi connectivity index (χ0) is 10.3. The smallest absolute Gasteiger partial charge is 0.0718 e. The molecule has 0 N–H and O–H groups in total. The van der Waals surface area contributed by atoms with Gasteiger partial charge in [0.15, 0.2) is 0 Å². The van der Waals surface area contributed by atoms with Crippen LogP contribution >= 0.6 is 11.6 Å². The Bertz CT molecular complexity index is 146. The van der Waals surface area contributed by atoms with Gasteiger partial charge in [0, 0.05) is 19.6 Å². The Morgan fingerprint density at radius 3 is 2.38 bits per heavy atom. The zero-order valence-electron chi connectivity index (χ0n) is 8.96. The quantitative estimate of drug-likeness (QED) is 0.619. The highest BCUT2D eigenvalue weighted by atomic mass is 35.5. The maximum atomic E-state index is 5.48. The predicted molar refractivity (Wildman–Crippen MR) is 57.6 cm³/mol. The van der Waals surface area contributed by atoms with E-state index in [0.29, 0.717) is 11.8 Å². The van der Waals surface area contributed by atoms with Crippen LogP contribution in [0.15, 0.2) is 11.6 Å². The van der Waals surface area contributed by atoms with E-state index >= 15 is 0 Å². The molecule has 0 aromatic heterocycles. The molecule has 2 nitrogen and oxygen atoms in total. The van der Waals surface area contributed by atoms with Crippen molar-refractivity contribution in [3.05, 3.63) is 11.6 Å². The van der Waals surface area contributed by atoms with Crippen LogP contribution in [-0.2, 0) is 4.84 Å². The molecule has 1 atom stereocenters. The van der Waals surface area contributed by atoms with Crippen LogP contribution in [0.25, 0.3) is 0 Å². The van der Waals surface area contributed by atoms with Crippen LogP contribution in [0.5, 0.6) is 0 Å². The Morgan fingerprint density at radius 2 is 2.00 bits per heavy atom. The van der Waals surface area contributed by atoms with Gasteiger partial charge in [-0.1, -0.05) is 31.5 Å². The summed E-state index contributed by atoms with van der Waals surface area (Å²) in [5, 5.41) is 1.74. The molecule has 13 heavy (non-hydrogen) atoms. The van der Waals surface area contributed by atoms with Gasteiger partial charge in [-0.25, -0.2) is 0 Å². The third kappa shape index (κ3) is 7.05. The molecule has 0 heterocycles. The first kappa shape index (κ1) is 12.9. The van der Waals surface area contributed by atoms with E-state index in [1.54, 1.807) is 10.6 Å². The van der Waals surface area contributed by atoms with Gasteiger partial charge in [-0.15, -0.1) is 0 Å². The number of nitrogens with zero attached hydrogens (tertiary/aromatic N) is 1. The fourth-order valence-electron chi connectivity index (χ4n) is 1.00. The van der Waals surface area contributed by atoms with Gasteiger partial charge in [0.2, 0.25) is 0 Å². The van der Waals surface area contributed by atoms with Crippen LogP contribution in [0.1, 0.15) is 20.3 Å². The van der Waals surface area contributed by atoms with Crippen LogP contribution < -0.4 is 0 Å². The number of halogens is 1. The van der Waals surface area contributed by atoms with Crippen molar-refractivity contribution in [3.63, 3.8) is 0 Å². The molecule has 78 valence electrons. The van der Waals surface area contributed by atoms with Gasteiger partial charge in [0.1, 0.15) is 0 Å². The van der Waals surface area contributed by atoms with E-state index in [1.165, 1.54) is 0 Å². The maximum absolute atomic E-state index is 5.48. The summed E-state index contributed by atoms with van der Waals surface area (Å²) in [4.78, 5) is 5.42. The van der Waals surface area contributed by atoms with Crippen molar-refractivity contribution < 1.29 is 4.84 Å². The van der Waals surface area contributed by atoms with Crippen LogP contribution in [0.4, 0.5) is 0 Å². The standard InChI is InChI=1S/C10H20ClNO/c1-9(2)10(6-5-7-11)8-13-12(3)4/h5,7,9-10H,6,8H2,1-4H3/t10-/m1/s1. The molecule has 0 aliphatic heterocycles. The molecule has 0 aliphatic rings. The summed E-state index contributed by atoms with van der Waals surface area (Å²) in [6.07, 6.45) is 2.96. The van der Waals surface area contributed by atoms with Gasteiger partial charge >= 0.3 is 0 Å². The topological polar surface area (TPSA) is 12.5 Å². The van der Waals surface area contributed by atoms with Crippen molar-refractivity contribution in [1.82, 2.24) is 5.06 Å². The zero-order valence-corrected chi connectivity index (χ0v) is 9.71. The fraction of sp³-hybridized carbons (Fsp3) is 0.800. The van der Waals surface area contributed by atoms with Gasteiger partial charge in [-0.3, -0.25) is 4.84 Å². The lowest BCUT2D eigenvalue weighted by atomic mass is 9.94. The summed E-state index contributed by atoms with van der Waals surface area (Å²) in [7, 11) is 3.80. The molecule has 0 aromatic carbocycles. The van der Waals surface area contributed by atoms with Gasteiger partial charge in [-0.2, -0.15) is 5.06 Å². The highest BCUT2D eigenvalue weighted by molar-refractivity contribution is 6.25. The molecule has 3 heteroatoms. The highest BCUT2D eigenvalue weighted by Crippen LogP contribution is 2.16. The number of hydroxylamine groups is 2. The summed E-state index contributed by atoms with van der Waals surface area (Å²) in [6, 6.07) is 0. The molecule has 0 unspecified atom stereocenters. The van der Waals surface area contributed by atoms with Gasteiger partial charge in [0.05, 0.1) is 6.61 Å². The molecular weight excluding hydrogens is 186 g/mol. The summed E-state index contributed by atoms with van der Waals surface area (Å²) in [5.74, 6) is 1.16. The number of hydrogen-bond acceptors (Lipinski definition) is 2. The molecule has 0 bridgehead atoms. The van der Waals surface area contributed by atoms with E-state index in [4.69, 9.17) is 16.4 Å². The average Bonchev–Trinajstić information content (AvgIpc) is 2.03. The molecular formula is C10H20ClNO. The lowest BCUT2D eigenvalue weighted by Gasteiger charge is -2.21. The second-order valence-corrected chi connectivity index (χ2v) is 3.96. The number of rotatable bonds is 6. The van der Waals surface area contributed by atoms with Crippen molar-refractivity contribution in [2.75, 3.05) is 20.7 Å². The van der Waals surface area contributed by atoms with Crippen molar-refractivity contribution in [2.45, 2.75) is 20.3 Å². The first-order valence-electron chi connectivity index (χ1n) is 4.63. The molecule has 0 aliphatic carbocycles. The van der Waals surface area contributed by atoms with Crippen molar-refractivity contribution in [3.8, 4) is 0 Å². The SMILES string of the molecule is CC(C)[C@H](CC=CCl)CON(C)C. The lowest BCUT2D eigenvalue weighted by molar-refractivity contribution is -0.136. The number of allylic oxidation sites excluding steroid dienone is 1. The molecule has 0 fully saturated rings. The van der Waals surface area contributed by atoms with E-state index in [9.17, 15) is 0 Å². The predicted octanol–water partition coefficient (Wildman–Crippen LogP) is 2.89. The van der Waals surface area contributed by atoms with Crippen LogP contribution in [-0.4, -0.2) is 25.8 Å². The van der Waals surface area contributed by atoms with E-state index in [1.807, 2.05) is 20.2 Å². The fourth-order valence-corrected chi connectivity index (χ4v) is 1.11. The van der Waals surface area contributed by atoms with E-state index in [2.05, 4.69) is 13.8 Å². The summed E-state index contributed by atoms with van der Waals surface area (Å²) >= 11 is 5.48. The minimum absolute atomic E-state index is 0.539. The first-order valence-corrected chi connectivity index (χ1v) is 5.07. The lowest BCUT2D eigenvalue weighted by Crippen LogP contribution is -2.21. The van der Waals surface area contributed by atoms with Crippen molar-refractivity contribution in [2.24, 2.45) is 11.8 Å². The summed E-state index contributed by atoms with van der Waals surface area (Å²) < 4.78 is 0. The van der Waals surface area contributed by atoms with Crippen molar-refractivity contribution >= 4 is 11.6 Å². The van der Waals surface area contributed by atoms with E-state index < -0.39 is 0 Å². The first-order chi connectivity index (χ1) is 6.07. The Balaban J connectivity index is 3.80. The van der Waals surface area contributed by atoms with Gasteiger partial charge < -0.3 is 0 Å². The Hall–Kier alpha value is -0.0500.